The van der Waals surface area contributed by atoms with Crippen molar-refractivity contribution in [3.8, 4) is 11.5 Å². The number of methoxy groups -OCH3 is 1. The minimum Gasteiger partial charge on any atom is -0.497 e. The quantitative estimate of drug-likeness (QED) is 0.812. The van der Waals surface area contributed by atoms with E-state index in [9.17, 15) is 4.79 Å². The Morgan fingerprint density at radius 2 is 2.00 bits per heavy atom. The van der Waals surface area contributed by atoms with Crippen molar-refractivity contribution in [1.29, 1.82) is 0 Å². The van der Waals surface area contributed by atoms with Gasteiger partial charge < -0.3 is 14.8 Å². The van der Waals surface area contributed by atoms with Crippen LogP contribution in [0, 0.1) is 0 Å². The lowest BCUT2D eigenvalue weighted by molar-refractivity contribution is 0.0618. The summed E-state index contributed by atoms with van der Waals surface area (Å²) in [4.78, 5) is 12.7. The van der Waals surface area contributed by atoms with Gasteiger partial charge >= 0.3 is 0 Å². The lowest BCUT2D eigenvalue weighted by atomic mass is 9.89. The van der Waals surface area contributed by atoms with E-state index in [-0.39, 0.29) is 11.9 Å². The van der Waals surface area contributed by atoms with Crippen molar-refractivity contribution < 1.29 is 14.3 Å². The molecule has 132 valence electrons. The normalized spacial score (nSPS) is 18.0. The Morgan fingerprint density at radius 3 is 2.68 bits per heavy atom. The second-order valence-corrected chi connectivity index (χ2v) is 7.46. The van der Waals surface area contributed by atoms with Gasteiger partial charge in [-0.15, -0.1) is 0 Å². The van der Waals surface area contributed by atoms with Gasteiger partial charge in [-0.25, -0.2) is 0 Å². The number of carbonyl (C=O) groups excluding carboxylic acids is 1. The summed E-state index contributed by atoms with van der Waals surface area (Å²) < 4.78 is 11.3. The van der Waals surface area contributed by atoms with E-state index in [4.69, 9.17) is 32.7 Å². The van der Waals surface area contributed by atoms with Crippen LogP contribution in [-0.4, -0.2) is 18.6 Å². The molecule has 3 rings (SSSR count). The van der Waals surface area contributed by atoms with Crippen molar-refractivity contribution in [2.75, 3.05) is 7.11 Å². The van der Waals surface area contributed by atoms with Gasteiger partial charge in [0, 0.05) is 17.0 Å². The Kier molecular flexibility index (Phi) is 4.85. The number of halogens is 2. The molecule has 2 aromatic carbocycles. The van der Waals surface area contributed by atoms with Crippen molar-refractivity contribution in [3.63, 3.8) is 0 Å². The molecule has 1 N–H and O–H groups in total. The van der Waals surface area contributed by atoms with Crippen molar-refractivity contribution in [2.24, 2.45) is 0 Å². The predicted octanol–water partition coefficient (Wildman–Crippen LogP) is 5.03. The Morgan fingerprint density at radius 1 is 1.24 bits per heavy atom. The fourth-order valence-electron chi connectivity index (χ4n) is 3.00. The number of hydrogen-bond acceptors (Lipinski definition) is 3. The molecule has 1 aliphatic heterocycles. The molecule has 1 amide bonds. The molecule has 1 atom stereocenters. The molecular formula is C19H19Cl2NO3. The standard InChI is InChI=1S/C19H19Cl2NO3/c1-19(2)10-16(14-9-12(24-3)5-7-17(14)25-19)22-18(23)13-6-4-11(20)8-15(13)21/h4-9,16H,10H2,1-3H3,(H,22,23)/t16-/m0/s1. The molecule has 25 heavy (non-hydrogen) atoms. The highest BCUT2D eigenvalue weighted by Crippen LogP contribution is 2.41. The lowest BCUT2D eigenvalue weighted by Gasteiger charge is -2.38. The number of benzene rings is 2. The van der Waals surface area contributed by atoms with Gasteiger partial charge in [-0.2, -0.15) is 0 Å². The number of carbonyl (C=O) groups is 1. The number of fused-ring (bicyclic) bond motifs is 1. The Labute approximate surface area is 157 Å². The zero-order chi connectivity index (χ0) is 18.2. The smallest absolute Gasteiger partial charge is 0.253 e. The topological polar surface area (TPSA) is 47.6 Å². The molecule has 1 heterocycles. The number of rotatable bonds is 3. The van der Waals surface area contributed by atoms with Gasteiger partial charge in [0.05, 0.1) is 23.7 Å². The highest BCUT2D eigenvalue weighted by atomic mass is 35.5. The van der Waals surface area contributed by atoms with E-state index in [0.29, 0.717) is 27.8 Å². The summed E-state index contributed by atoms with van der Waals surface area (Å²) in [5.74, 6) is 1.20. The monoisotopic (exact) mass is 379 g/mol. The number of amides is 1. The van der Waals surface area contributed by atoms with Crippen molar-refractivity contribution in [2.45, 2.75) is 31.9 Å². The molecule has 6 heteroatoms. The average molecular weight is 380 g/mol. The van der Waals surface area contributed by atoms with Gasteiger partial charge in [0.15, 0.2) is 0 Å². The molecule has 4 nitrogen and oxygen atoms in total. The van der Waals surface area contributed by atoms with Gasteiger partial charge in [-0.1, -0.05) is 23.2 Å². The first kappa shape index (κ1) is 17.9. The highest BCUT2D eigenvalue weighted by Gasteiger charge is 2.35. The largest absolute Gasteiger partial charge is 0.497 e. The van der Waals surface area contributed by atoms with Gasteiger partial charge in [0.1, 0.15) is 17.1 Å². The zero-order valence-electron chi connectivity index (χ0n) is 14.2. The highest BCUT2D eigenvalue weighted by molar-refractivity contribution is 6.36. The van der Waals surface area contributed by atoms with Gasteiger partial charge in [-0.05, 0) is 50.2 Å². The van der Waals surface area contributed by atoms with E-state index >= 15 is 0 Å². The summed E-state index contributed by atoms with van der Waals surface area (Å²) >= 11 is 12.1. The third-order valence-electron chi connectivity index (χ3n) is 4.16. The first-order valence-electron chi connectivity index (χ1n) is 7.92. The minimum atomic E-state index is -0.399. The summed E-state index contributed by atoms with van der Waals surface area (Å²) in [6, 6.07) is 10.2. The van der Waals surface area contributed by atoms with Crippen LogP contribution in [0.15, 0.2) is 36.4 Å². The fraction of sp³-hybridized carbons (Fsp3) is 0.316. The Balaban J connectivity index is 1.92. The summed E-state index contributed by atoms with van der Waals surface area (Å²) in [6.07, 6.45) is 0.629. The maximum absolute atomic E-state index is 12.7. The summed E-state index contributed by atoms with van der Waals surface area (Å²) in [5, 5.41) is 3.87. The van der Waals surface area contributed by atoms with E-state index < -0.39 is 5.60 Å². The van der Waals surface area contributed by atoms with Crippen LogP contribution < -0.4 is 14.8 Å². The van der Waals surface area contributed by atoms with E-state index in [1.165, 1.54) is 0 Å². The third-order valence-corrected chi connectivity index (χ3v) is 4.70. The van der Waals surface area contributed by atoms with Gasteiger partial charge in [0.25, 0.3) is 5.91 Å². The van der Waals surface area contributed by atoms with Crippen LogP contribution in [-0.2, 0) is 0 Å². The predicted molar refractivity (Wildman–Crippen MR) is 99.0 cm³/mol. The fourth-order valence-corrected chi connectivity index (χ4v) is 3.49. The summed E-state index contributed by atoms with van der Waals surface area (Å²) in [7, 11) is 1.61. The number of hydrogen-bond donors (Lipinski definition) is 1. The maximum atomic E-state index is 12.7. The van der Waals surface area contributed by atoms with Crippen LogP contribution in [0.2, 0.25) is 10.0 Å². The van der Waals surface area contributed by atoms with Crippen LogP contribution in [0.4, 0.5) is 0 Å². The Hall–Kier alpha value is -1.91. The van der Waals surface area contributed by atoms with Crippen molar-refractivity contribution in [1.82, 2.24) is 5.32 Å². The molecule has 2 aromatic rings. The van der Waals surface area contributed by atoms with Crippen LogP contribution in [0.1, 0.15) is 42.2 Å². The Bertz CT molecular complexity index is 820. The summed E-state index contributed by atoms with van der Waals surface area (Å²) in [5.41, 5.74) is 0.875. The van der Waals surface area contributed by atoms with Crippen molar-refractivity contribution in [3.05, 3.63) is 57.6 Å². The minimum absolute atomic E-state index is 0.215. The summed E-state index contributed by atoms with van der Waals surface area (Å²) in [6.45, 7) is 3.99. The lowest BCUT2D eigenvalue weighted by Crippen LogP contribution is -2.41. The molecule has 0 fully saturated rings. The zero-order valence-corrected chi connectivity index (χ0v) is 15.7. The number of nitrogens with one attached hydrogen (secondary N) is 1. The first-order valence-corrected chi connectivity index (χ1v) is 8.67. The maximum Gasteiger partial charge on any atom is 0.253 e. The SMILES string of the molecule is COc1ccc2c(c1)[C@@H](NC(=O)c1ccc(Cl)cc1Cl)CC(C)(C)O2. The first-order chi connectivity index (χ1) is 11.8. The molecule has 0 radical (unpaired) electrons. The van der Waals surface area contributed by atoms with E-state index in [0.717, 1.165) is 11.3 Å². The van der Waals surface area contributed by atoms with Gasteiger partial charge in [0.2, 0.25) is 0 Å². The molecule has 1 aliphatic rings. The average Bonchev–Trinajstić information content (AvgIpc) is 2.53. The van der Waals surface area contributed by atoms with Crippen LogP contribution in [0.25, 0.3) is 0 Å². The van der Waals surface area contributed by atoms with Gasteiger partial charge in [-0.3, -0.25) is 4.79 Å². The molecule has 0 unspecified atom stereocenters. The molecule has 0 aromatic heterocycles. The second kappa shape index (κ2) is 6.77. The third kappa shape index (κ3) is 3.86. The molecule has 0 saturated heterocycles. The molecule has 0 bridgehead atoms. The van der Waals surface area contributed by atoms with Crippen LogP contribution in [0.5, 0.6) is 11.5 Å². The second-order valence-electron chi connectivity index (χ2n) is 6.62. The molecular weight excluding hydrogens is 361 g/mol. The molecule has 0 spiro atoms. The van der Waals surface area contributed by atoms with Crippen LogP contribution >= 0.6 is 23.2 Å². The molecule has 0 aliphatic carbocycles. The van der Waals surface area contributed by atoms with E-state index in [1.54, 1.807) is 25.3 Å². The van der Waals surface area contributed by atoms with Crippen LogP contribution in [0.3, 0.4) is 0 Å². The number of ether oxygens (including phenoxy) is 2. The molecule has 0 saturated carbocycles. The van der Waals surface area contributed by atoms with E-state index in [2.05, 4.69) is 5.32 Å². The van der Waals surface area contributed by atoms with Crippen molar-refractivity contribution >= 4 is 29.1 Å². The van der Waals surface area contributed by atoms with E-state index in [1.807, 2.05) is 32.0 Å².